The Hall–Kier alpha value is -1.89. The summed E-state index contributed by atoms with van der Waals surface area (Å²) in [4.78, 5) is 12.2. The molecule has 3 atom stereocenters. The van der Waals surface area contributed by atoms with Gasteiger partial charge in [-0.05, 0) is 43.6 Å². The van der Waals surface area contributed by atoms with Crippen molar-refractivity contribution in [1.29, 1.82) is 0 Å². The molecule has 26 heavy (non-hydrogen) atoms. The number of hydrogen-bond donors (Lipinski definition) is 1. The Morgan fingerprint density at radius 1 is 1.27 bits per heavy atom. The predicted molar refractivity (Wildman–Crippen MR) is 102 cm³/mol. The zero-order valence-electron chi connectivity index (χ0n) is 14.9. The topological polar surface area (TPSA) is 80.6 Å². The molecule has 2 fully saturated rings. The Morgan fingerprint density at radius 3 is 2.88 bits per heavy atom. The van der Waals surface area contributed by atoms with E-state index in [0.29, 0.717) is 17.7 Å². The fourth-order valence-corrected chi connectivity index (χ4v) is 6.86. The summed E-state index contributed by atoms with van der Waals surface area (Å²) in [5.41, 5.74) is 2.89. The van der Waals surface area contributed by atoms with Crippen LogP contribution >= 0.6 is 0 Å². The Labute approximate surface area is 152 Å². The molecule has 0 saturated heterocycles. The van der Waals surface area contributed by atoms with Gasteiger partial charge >= 0.3 is 0 Å². The van der Waals surface area contributed by atoms with Crippen molar-refractivity contribution in [2.45, 2.75) is 50.3 Å². The highest BCUT2D eigenvalue weighted by molar-refractivity contribution is 7.92. The number of sulfone groups is 1. The molecule has 0 spiro atoms. The van der Waals surface area contributed by atoms with Gasteiger partial charge in [0.2, 0.25) is 0 Å². The predicted octanol–water partition coefficient (Wildman–Crippen LogP) is 3.47. The van der Waals surface area contributed by atoms with Crippen LogP contribution < -0.4 is 0 Å². The third-order valence-electron chi connectivity index (χ3n) is 6.26. The van der Waals surface area contributed by atoms with Gasteiger partial charge in [-0.1, -0.05) is 13.3 Å². The summed E-state index contributed by atoms with van der Waals surface area (Å²) < 4.78 is 27.2. The van der Waals surface area contributed by atoms with E-state index in [2.05, 4.69) is 26.4 Å². The maximum atomic E-state index is 12.5. The number of hydrogen-bond acceptors (Lipinski definition) is 4. The van der Waals surface area contributed by atoms with Gasteiger partial charge in [-0.15, -0.1) is 0 Å². The number of imidazole rings is 1. The van der Waals surface area contributed by atoms with E-state index in [1.807, 2.05) is 24.8 Å². The van der Waals surface area contributed by atoms with Crippen molar-refractivity contribution < 1.29 is 8.42 Å². The van der Waals surface area contributed by atoms with Gasteiger partial charge in [-0.2, -0.15) is 0 Å². The van der Waals surface area contributed by atoms with E-state index >= 15 is 0 Å². The van der Waals surface area contributed by atoms with Crippen molar-refractivity contribution in [3.05, 3.63) is 24.8 Å². The molecule has 0 amide bonds. The smallest absolute Gasteiger partial charge is 0.153 e. The van der Waals surface area contributed by atoms with E-state index in [0.717, 1.165) is 54.2 Å². The second-order valence-electron chi connectivity index (χ2n) is 7.99. The number of H-pyrrole nitrogens is 1. The van der Waals surface area contributed by atoms with E-state index in [1.54, 1.807) is 0 Å². The van der Waals surface area contributed by atoms with Crippen molar-refractivity contribution in [3.63, 3.8) is 0 Å². The van der Waals surface area contributed by atoms with Gasteiger partial charge in [0.15, 0.2) is 9.84 Å². The van der Waals surface area contributed by atoms with Crippen molar-refractivity contribution >= 4 is 31.9 Å². The van der Waals surface area contributed by atoms with Crippen molar-refractivity contribution in [2.24, 2.45) is 11.8 Å². The highest BCUT2D eigenvalue weighted by Gasteiger charge is 2.41. The molecule has 2 aliphatic carbocycles. The molecular formula is C19H24N4O2S. The summed E-state index contributed by atoms with van der Waals surface area (Å²) in [6.45, 7) is 2.21. The lowest BCUT2D eigenvalue weighted by molar-refractivity contribution is 0.377. The van der Waals surface area contributed by atoms with E-state index in [9.17, 15) is 8.42 Å². The molecule has 7 heteroatoms. The van der Waals surface area contributed by atoms with E-state index < -0.39 is 9.84 Å². The number of pyridine rings is 1. The molecule has 1 unspecified atom stereocenters. The maximum Gasteiger partial charge on any atom is 0.153 e. The van der Waals surface area contributed by atoms with E-state index in [4.69, 9.17) is 0 Å². The third kappa shape index (κ3) is 2.55. The first-order chi connectivity index (χ1) is 12.6. The van der Waals surface area contributed by atoms with Crippen LogP contribution in [0.4, 0.5) is 0 Å². The second kappa shape index (κ2) is 5.81. The lowest BCUT2D eigenvalue weighted by atomic mass is 10.00. The van der Waals surface area contributed by atoms with Crippen LogP contribution in [0.25, 0.3) is 22.1 Å². The fourth-order valence-electron chi connectivity index (χ4n) is 4.81. The molecule has 6 nitrogen and oxygen atoms in total. The van der Waals surface area contributed by atoms with Crippen LogP contribution in [0.5, 0.6) is 0 Å². The van der Waals surface area contributed by atoms with Crippen LogP contribution in [0.3, 0.4) is 0 Å². The highest BCUT2D eigenvalue weighted by atomic mass is 32.2. The highest BCUT2D eigenvalue weighted by Crippen LogP contribution is 2.45. The summed E-state index contributed by atoms with van der Waals surface area (Å²) in [5.74, 6) is 1.11. The van der Waals surface area contributed by atoms with E-state index in [-0.39, 0.29) is 11.2 Å². The van der Waals surface area contributed by atoms with Crippen molar-refractivity contribution in [2.75, 3.05) is 5.75 Å². The first kappa shape index (κ1) is 16.3. The van der Waals surface area contributed by atoms with Crippen LogP contribution in [-0.4, -0.2) is 38.9 Å². The number of rotatable bonds is 5. The second-order valence-corrected chi connectivity index (χ2v) is 10.3. The number of aromatic amines is 1. The fraction of sp³-hybridized carbons (Fsp3) is 0.579. The normalized spacial score (nSPS) is 26.9. The summed E-state index contributed by atoms with van der Waals surface area (Å²) in [6, 6.07) is 2.36. The average Bonchev–Trinajstić information content (AvgIpc) is 3.06. The molecule has 2 aliphatic rings. The lowest BCUT2D eigenvalue weighted by Crippen LogP contribution is -2.18. The first-order valence-electron chi connectivity index (χ1n) is 9.57. The molecule has 0 radical (unpaired) electrons. The van der Waals surface area contributed by atoms with Crippen LogP contribution in [0.15, 0.2) is 24.8 Å². The van der Waals surface area contributed by atoms with Gasteiger partial charge in [0, 0.05) is 17.6 Å². The zero-order valence-corrected chi connectivity index (χ0v) is 15.7. The minimum atomic E-state index is -2.90. The quantitative estimate of drug-likeness (QED) is 0.744. The first-order valence-corrected chi connectivity index (χ1v) is 11.3. The Bertz CT molecular complexity index is 1060. The molecule has 3 aromatic rings. The van der Waals surface area contributed by atoms with Gasteiger partial charge in [-0.25, -0.2) is 18.4 Å². The average molecular weight is 372 g/mol. The monoisotopic (exact) mass is 372 g/mol. The Balaban J connectivity index is 1.50. The third-order valence-corrected chi connectivity index (χ3v) is 8.68. The summed E-state index contributed by atoms with van der Waals surface area (Å²) in [7, 11) is -2.90. The minimum absolute atomic E-state index is 0.0544. The Morgan fingerprint density at radius 2 is 2.12 bits per heavy atom. The lowest BCUT2D eigenvalue weighted by Gasteiger charge is -2.20. The summed E-state index contributed by atoms with van der Waals surface area (Å²) in [5, 5.41) is 1.03. The number of nitrogens with one attached hydrogen (secondary N) is 1. The van der Waals surface area contributed by atoms with Crippen LogP contribution in [0, 0.1) is 11.8 Å². The number of nitrogens with zero attached hydrogens (tertiary/aromatic N) is 3. The molecule has 1 N–H and O–H groups in total. The van der Waals surface area contributed by atoms with Gasteiger partial charge in [0.25, 0.3) is 0 Å². The van der Waals surface area contributed by atoms with Gasteiger partial charge in [-0.3, -0.25) is 0 Å². The maximum absolute atomic E-state index is 12.5. The molecule has 3 aromatic heterocycles. The summed E-state index contributed by atoms with van der Waals surface area (Å²) in [6.07, 6.45) is 10.3. The largest absolute Gasteiger partial charge is 0.346 e. The molecule has 0 bridgehead atoms. The molecule has 0 aromatic carbocycles. The van der Waals surface area contributed by atoms with Crippen molar-refractivity contribution in [3.8, 4) is 0 Å². The van der Waals surface area contributed by atoms with E-state index in [1.165, 1.54) is 0 Å². The number of aromatic nitrogens is 4. The minimum Gasteiger partial charge on any atom is -0.346 e. The molecular weight excluding hydrogens is 348 g/mol. The molecule has 2 saturated carbocycles. The van der Waals surface area contributed by atoms with Crippen molar-refractivity contribution in [1.82, 2.24) is 19.5 Å². The van der Waals surface area contributed by atoms with Crippen LogP contribution in [-0.2, 0) is 9.84 Å². The zero-order chi connectivity index (χ0) is 17.9. The number of fused-ring (bicyclic) bond motifs is 3. The van der Waals surface area contributed by atoms with Gasteiger partial charge in [0.05, 0.1) is 29.0 Å². The standard InChI is InChI=1S/C19H24N4O2S/c1-2-13-7-12(10-26(24,25)14-3-4-14)8-17(13)23-11-22-16-9-21-19-15(18(16)23)5-6-20-19/h5-6,9,11-14,17H,2-4,7-8,10H2,1H3,(H,20,21)/t12-,13+,17?/m0/s1. The molecule has 138 valence electrons. The van der Waals surface area contributed by atoms with Gasteiger partial charge < -0.3 is 9.55 Å². The molecule has 0 aliphatic heterocycles. The Kier molecular flexibility index (Phi) is 3.64. The molecule has 5 rings (SSSR count). The van der Waals surface area contributed by atoms with Crippen LogP contribution in [0.1, 0.15) is 45.1 Å². The molecule has 3 heterocycles. The van der Waals surface area contributed by atoms with Gasteiger partial charge in [0.1, 0.15) is 11.2 Å². The van der Waals surface area contributed by atoms with Crippen LogP contribution in [0.2, 0.25) is 0 Å². The summed E-state index contributed by atoms with van der Waals surface area (Å²) >= 11 is 0. The SMILES string of the molecule is CC[C@@H]1C[C@H](CS(=O)(=O)C2CC2)CC1n1cnc2cnc3[nH]ccc3c21.